The molecule has 0 aliphatic heterocycles. The molecule has 0 aromatic heterocycles. The molecule has 0 aliphatic rings. The first-order chi connectivity index (χ1) is 7.70. The van der Waals surface area contributed by atoms with Crippen LogP contribution in [0.4, 0.5) is 0 Å². The summed E-state index contributed by atoms with van der Waals surface area (Å²) < 4.78 is 0.222. The van der Waals surface area contributed by atoms with E-state index < -0.39 is 0 Å². The van der Waals surface area contributed by atoms with E-state index in [2.05, 4.69) is 38.1 Å². The third-order valence-corrected chi connectivity index (χ3v) is 4.43. The lowest BCUT2D eigenvalue weighted by atomic mass is 10.0. The Kier molecular flexibility index (Phi) is 5.93. The number of benzene rings is 1. The lowest BCUT2D eigenvalue weighted by molar-refractivity contribution is 0.268. The molecule has 16 heavy (non-hydrogen) atoms. The number of thioether (sulfide) groups is 1. The maximum Gasteiger partial charge on any atom is 0.0444 e. The van der Waals surface area contributed by atoms with Gasteiger partial charge in [-0.25, -0.2) is 0 Å². The van der Waals surface area contributed by atoms with E-state index in [1.54, 1.807) is 0 Å². The zero-order valence-electron chi connectivity index (χ0n) is 10.3. The second-order valence-electron chi connectivity index (χ2n) is 4.45. The minimum atomic E-state index is 0.222. The Balaban J connectivity index is 2.49. The summed E-state index contributed by atoms with van der Waals surface area (Å²) >= 11 is 1.97. The van der Waals surface area contributed by atoms with Gasteiger partial charge in [0.25, 0.3) is 0 Å². The van der Waals surface area contributed by atoms with Gasteiger partial charge in [-0.1, -0.05) is 50.6 Å². The fourth-order valence-corrected chi connectivity index (χ4v) is 3.16. The summed E-state index contributed by atoms with van der Waals surface area (Å²) in [5.41, 5.74) is 1.37. The van der Waals surface area contributed by atoms with Gasteiger partial charge in [-0.2, -0.15) is 11.8 Å². The van der Waals surface area contributed by atoms with E-state index in [-0.39, 0.29) is 11.4 Å². The molecule has 1 atom stereocenters. The van der Waals surface area contributed by atoms with Gasteiger partial charge in [-0.15, -0.1) is 0 Å². The zero-order valence-corrected chi connectivity index (χ0v) is 11.1. The van der Waals surface area contributed by atoms with Gasteiger partial charge in [-0.05, 0) is 18.4 Å². The summed E-state index contributed by atoms with van der Waals surface area (Å²) in [5, 5.41) is 9.11. The molecule has 1 rings (SSSR count). The van der Waals surface area contributed by atoms with Crippen LogP contribution in [0, 0.1) is 0 Å². The average molecular weight is 238 g/mol. The largest absolute Gasteiger partial charge is 0.396 e. The molecule has 0 saturated carbocycles. The number of hydrogen-bond donors (Lipinski definition) is 1. The van der Waals surface area contributed by atoms with Crippen molar-refractivity contribution in [1.82, 2.24) is 0 Å². The Hall–Kier alpha value is -0.470. The predicted molar refractivity (Wildman–Crippen MR) is 72.8 cm³/mol. The lowest BCUT2D eigenvalue weighted by Gasteiger charge is -2.28. The molecule has 1 N–H and O–H groups in total. The van der Waals surface area contributed by atoms with Crippen molar-refractivity contribution in [1.29, 1.82) is 0 Å². The Morgan fingerprint density at radius 3 is 2.44 bits per heavy atom. The summed E-state index contributed by atoms with van der Waals surface area (Å²) in [7, 11) is 0. The molecular formula is C14H22OS. The van der Waals surface area contributed by atoms with Crippen LogP contribution in [0.2, 0.25) is 0 Å². The van der Waals surface area contributed by atoms with Crippen LogP contribution in [-0.4, -0.2) is 16.5 Å². The molecule has 0 amide bonds. The average Bonchev–Trinajstić information content (AvgIpc) is 2.29. The predicted octanol–water partition coefficient (Wildman–Crippen LogP) is 3.86. The topological polar surface area (TPSA) is 20.2 Å². The van der Waals surface area contributed by atoms with E-state index in [0.29, 0.717) is 0 Å². The third kappa shape index (κ3) is 4.58. The van der Waals surface area contributed by atoms with E-state index in [4.69, 9.17) is 5.11 Å². The summed E-state index contributed by atoms with van der Waals surface area (Å²) in [6.45, 7) is 4.76. The minimum Gasteiger partial charge on any atom is -0.396 e. The number of aliphatic hydroxyl groups excluding tert-OH is 1. The number of aliphatic hydroxyl groups is 1. The quantitative estimate of drug-likeness (QED) is 0.778. The molecule has 1 nitrogen and oxygen atoms in total. The highest BCUT2D eigenvalue weighted by atomic mass is 32.2. The first-order valence-corrected chi connectivity index (χ1v) is 6.97. The Morgan fingerprint density at radius 2 is 1.88 bits per heavy atom. The highest BCUT2D eigenvalue weighted by Crippen LogP contribution is 2.35. The molecule has 1 aromatic carbocycles. The van der Waals surface area contributed by atoms with Gasteiger partial charge in [0.1, 0.15) is 0 Å². The van der Waals surface area contributed by atoms with Gasteiger partial charge in [0.05, 0.1) is 0 Å². The smallest absolute Gasteiger partial charge is 0.0444 e. The van der Waals surface area contributed by atoms with Gasteiger partial charge in [-0.3, -0.25) is 0 Å². The number of rotatable bonds is 7. The SMILES string of the molecule is CCC[C@](C)(CCO)SCc1ccccc1. The molecule has 0 heterocycles. The fourth-order valence-electron chi connectivity index (χ4n) is 1.87. The van der Waals surface area contributed by atoms with Crippen LogP contribution in [-0.2, 0) is 5.75 Å². The summed E-state index contributed by atoms with van der Waals surface area (Å²) in [4.78, 5) is 0. The van der Waals surface area contributed by atoms with Gasteiger partial charge < -0.3 is 5.11 Å². The van der Waals surface area contributed by atoms with E-state index in [1.807, 2.05) is 17.8 Å². The highest BCUT2D eigenvalue weighted by Gasteiger charge is 2.22. The van der Waals surface area contributed by atoms with E-state index in [0.717, 1.165) is 12.2 Å². The molecule has 0 fully saturated rings. The Labute approximate surface area is 103 Å². The van der Waals surface area contributed by atoms with E-state index in [1.165, 1.54) is 18.4 Å². The second kappa shape index (κ2) is 6.97. The van der Waals surface area contributed by atoms with Crippen molar-refractivity contribution in [3.63, 3.8) is 0 Å². The molecule has 2 heteroatoms. The first kappa shape index (κ1) is 13.6. The number of hydrogen-bond acceptors (Lipinski definition) is 2. The van der Waals surface area contributed by atoms with Gasteiger partial charge in [0, 0.05) is 17.1 Å². The monoisotopic (exact) mass is 238 g/mol. The summed E-state index contributed by atoms with van der Waals surface area (Å²) in [6.07, 6.45) is 3.24. The van der Waals surface area contributed by atoms with Crippen molar-refractivity contribution in [3.05, 3.63) is 35.9 Å². The van der Waals surface area contributed by atoms with E-state index >= 15 is 0 Å². The van der Waals surface area contributed by atoms with Crippen LogP contribution < -0.4 is 0 Å². The van der Waals surface area contributed by atoms with Crippen molar-refractivity contribution in [2.24, 2.45) is 0 Å². The summed E-state index contributed by atoms with van der Waals surface area (Å²) in [6, 6.07) is 10.5. The van der Waals surface area contributed by atoms with Crippen LogP contribution in [0.1, 0.15) is 38.7 Å². The standard InChI is InChI=1S/C14H22OS/c1-3-9-14(2,10-11-15)16-12-13-7-5-4-6-8-13/h4-8,15H,3,9-12H2,1-2H3/t14-/m1/s1. The maximum absolute atomic E-state index is 9.11. The van der Waals surface area contributed by atoms with Crippen molar-refractivity contribution in [2.75, 3.05) is 6.61 Å². The minimum absolute atomic E-state index is 0.222. The maximum atomic E-state index is 9.11. The molecule has 0 aliphatic carbocycles. The van der Waals surface area contributed by atoms with Crippen molar-refractivity contribution >= 4 is 11.8 Å². The molecular weight excluding hydrogens is 216 g/mol. The van der Waals surface area contributed by atoms with Crippen LogP contribution in [0.25, 0.3) is 0 Å². The van der Waals surface area contributed by atoms with Gasteiger partial charge >= 0.3 is 0 Å². The Morgan fingerprint density at radius 1 is 1.19 bits per heavy atom. The van der Waals surface area contributed by atoms with Crippen molar-refractivity contribution in [3.8, 4) is 0 Å². The zero-order chi connectivity index (χ0) is 11.9. The Bertz CT molecular complexity index is 278. The molecule has 0 bridgehead atoms. The van der Waals surface area contributed by atoms with Crippen LogP contribution in [0.3, 0.4) is 0 Å². The van der Waals surface area contributed by atoms with E-state index in [9.17, 15) is 0 Å². The van der Waals surface area contributed by atoms with Crippen molar-refractivity contribution in [2.45, 2.75) is 43.6 Å². The lowest BCUT2D eigenvalue weighted by Crippen LogP contribution is -2.21. The third-order valence-electron chi connectivity index (χ3n) is 2.85. The van der Waals surface area contributed by atoms with Crippen LogP contribution in [0.5, 0.6) is 0 Å². The fraction of sp³-hybridized carbons (Fsp3) is 0.571. The molecule has 90 valence electrons. The molecule has 0 saturated heterocycles. The van der Waals surface area contributed by atoms with Crippen LogP contribution >= 0.6 is 11.8 Å². The molecule has 0 spiro atoms. The van der Waals surface area contributed by atoms with Crippen LogP contribution in [0.15, 0.2) is 30.3 Å². The van der Waals surface area contributed by atoms with Crippen molar-refractivity contribution < 1.29 is 5.11 Å². The van der Waals surface area contributed by atoms with Gasteiger partial charge in [0.15, 0.2) is 0 Å². The highest BCUT2D eigenvalue weighted by molar-refractivity contribution is 7.99. The normalized spacial score (nSPS) is 14.7. The van der Waals surface area contributed by atoms with Gasteiger partial charge in [0.2, 0.25) is 0 Å². The molecule has 0 unspecified atom stereocenters. The molecule has 1 aromatic rings. The second-order valence-corrected chi connectivity index (χ2v) is 6.01. The summed E-state index contributed by atoms with van der Waals surface area (Å²) in [5.74, 6) is 1.04. The first-order valence-electron chi connectivity index (χ1n) is 5.99. The molecule has 0 radical (unpaired) electrons.